The van der Waals surface area contributed by atoms with Gasteiger partial charge in [0.15, 0.2) is 0 Å². The first-order valence-electron chi connectivity index (χ1n) is 6.43. The number of anilines is 1. The minimum Gasteiger partial charge on any atom is -0.363 e. The zero-order chi connectivity index (χ0) is 14.5. The summed E-state index contributed by atoms with van der Waals surface area (Å²) in [4.78, 5) is 22.5. The molecule has 0 spiro atoms. The van der Waals surface area contributed by atoms with Gasteiger partial charge in [-0.15, -0.1) is 0 Å². The number of hydrogen-bond donors (Lipinski definition) is 1. The maximum Gasteiger partial charge on any atom is 0.251 e. The number of carbonyl (C=O) groups is 1. The van der Waals surface area contributed by atoms with Gasteiger partial charge in [-0.2, -0.15) is 0 Å². The summed E-state index contributed by atoms with van der Waals surface area (Å²) in [5.74, 6) is 0.622. The Morgan fingerprint density at radius 2 is 2.00 bits per heavy atom. The number of amides is 1. The second-order valence-corrected chi connectivity index (χ2v) is 4.75. The molecule has 2 heterocycles. The third-order valence-electron chi connectivity index (χ3n) is 2.94. The molecule has 2 aromatic heterocycles. The van der Waals surface area contributed by atoms with Crippen LogP contribution in [0.2, 0.25) is 0 Å². The van der Waals surface area contributed by atoms with E-state index in [0.29, 0.717) is 5.56 Å². The van der Waals surface area contributed by atoms with Gasteiger partial charge in [0.2, 0.25) is 0 Å². The fourth-order valence-corrected chi connectivity index (χ4v) is 1.79. The van der Waals surface area contributed by atoms with Gasteiger partial charge in [-0.25, -0.2) is 4.98 Å². The van der Waals surface area contributed by atoms with E-state index in [4.69, 9.17) is 0 Å². The van der Waals surface area contributed by atoms with Crippen molar-refractivity contribution in [1.29, 1.82) is 0 Å². The lowest BCUT2D eigenvalue weighted by atomic mass is 10.2. The predicted octanol–water partition coefficient (Wildman–Crippen LogP) is 2.03. The number of rotatable bonds is 4. The van der Waals surface area contributed by atoms with Crippen LogP contribution in [0.4, 0.5) is 5.82 Å². The monoisotopic (exact) mass is 270 g/mol. The lowest BCUT2D eigenvalue weighted by molar-refractivity contribution is 0.0939. The second-order valence-electron chi connectivity index (χ2n) is 4.75. The van der Waals surface area contributed by atoms with Crippen LogP contribution in [0.3, 0.4) is 0 Å². The predicted molar refractivity (Wildman–Crippen MR) is 78.7 cm³/mol. The van der Waals surface area contributed by atoms with Gasteiger partial charge in [0, 0.05) is 32.1 Å². The summed E-state index contributed by atoms with van der Waals surface area (Å²) in [6.07, 6.45) is 3.35. The lowest BCUT2D eigenvalue weighted by Gasteiger charge is -2.15. The number of hydrogen-bond acceptors (Lipinski definition) is 4. The van der Waals surface area contributed by atoms with Crippen LogP contribution in [0, 0.1) is 0 Å². The summed E-state index contributed by atoms with van der Waals surface area (Å²) >= 11 is 0. The third kappa shape index (κ3) is 3.32. The van der Waals surface area contributed by atoms with Gasteiger partial charge in [0.05, 0.1) is 11.7 Å². The third-order valence-corrected chi connectivity index (χ3v) is 2.94. The van der Waals surface area contributed by atoms with Crippen molar-refractivity contribution in [1.82, 2.24) is 15.3 Å². The molecule has 20 heavy (non-hydrogen) atoms. The molecule has 5 nitrogen and oxygen atoms in total. The Labute approximate surface area is 118 Å². The molecule has 0 radical (unpaired) electrons. The van der Waals surface area contributed by atoms with Gasteiger partial charge in [-0.1, -0.05) is 6.07 Å². The van der Waals surface area contributed by atoms with Gasteiger partial charge >= 0.3 is 0 Å². The Bertz CT molecular complexity index is 583. The first kappa shape index (κ1) is 14.0. The van der Waals surface area contributed by atoms with E-state index in [1.54, 1.807) is 24.5 Å². The van der Waals surface area contributed by atoms with E-state index in [-0.39, 0.29) is 11.9 Å². The van der Waals surface area contributed by atoms with Crippen molar-refractivity contribution in [2.45, 2.75) is 13.0 Å². The molecule has 1 atom stereocenters. The lowest BCUT2D eigenvalue weighted by Crippen LogP contribution is -2.27. The van der Waals surface area contributed by atoms with Gasteiger partial charge in [0.1, 0.15) is 5.82 Å². The van der Waals surface area contributed by atoms with Gasteiger partial charge < -0.3 is 10.2 Å². The molecule has 0 saturated carbocycles. The van der Waals surface area contributed by atoms with Crippen molar-refractivity contribution < 1.29 is 4.79 Å². The fourth-order valence-electron chi connectivity index (χ4n) is 1.79. The SMILES string of the molecule is C[C@@H](NC(=O)c1ccnc(N(C)C)c1)c1ccccn1. The highest BCUT2D eigenvalue weighted by molar-refractivity contribution is 5.95. The molecule has 1 N–H and O–H groups in total. The normalized spacial score (nSPS) is 11.8. The van der Waals surface area contributed by atoms with Crippen molar-refractivity contribution in [3.05, 3.63) is 54.0 Å². The van der Waals surface area contributed by atoms with Crippen LogP contribution in [0.25, 0.3) is 0 Å². The second kappa shape index (κ2) is 6.14. The summed E-state index contributed by atoms with van der Waals surface area (Å²) in [6, 6.07) is 8.97. The molecule has 0 fully saturated rings. The van der Waals surface area contributed by atoms with Crippen molar-refractivity contribution in [3.63, 3.8) is 0 Å². The van der Waals surface area contributed by atoms with Crippen LogP contribution < -0.4 is 10.2 Å². The first-order chi connectivity index (χ1) is 9.58. The molecule has 2 rings (SSSR count). The van der Waals surface area contributed by atoms with Crippen molar-refractivity contribution in [3.8, 4) is 0 Å². The van der Waals surface area contributed by atoms with Crippen molar-refractivity contribution >= 4 is 11.7 Å². The van der Waals surface area contributed by atoms with E-state index in [1.807, 2.05) is 44.1 Å². The zero-order valence-electron chi connectivity index (χ0n) is 11.9. The summed E-state index contributed by atoms with van der Waals surface area (Å²) in [7, 11) is 3.78. The largest absolute Gasteiger partial charge is 0.363 e. The van der Waals surface area contributed by atoms with E-state index in [0.717, 1.165) is 11.5 Å². The van der Waals surface area contributed by atoms with Crippen LogP contribution in [-0.2, 0) is 0 Å². The summed E-state index contributed by atoms with van der Waals surface area (Å²) < 4.78 is 0. The number of carbonyl (C=O) groups excluding carboxylic acids is 1. The summed E-state index contributed by atoms with van der Waals surface area (Å²) in [5, 5.41) is 2.93. The number of aromatic nitrogens is 2. The van der Waals surface area contributed by atoms with Crippen LogP contribution in [-0.4, -0.2) is 30.0 Å². The molecule has 0 bridgehead atoms. The number of nitrogens with zero attached hydrogens (tertiary/aromatic N) is 3. The molecule has 1 amide bonds. The highest BCUT2D eigenvalue weighted by Crippen LogP contribution is 2.12. The topological polar surface area (TPSA) is 58.1 Å². The van der Waals surface area contributed by atoms with Crippen LogP contribution in [0.15, 0.2) is 42.7 Å². The van der Waals surface area contributed by atoms with E-state index in [1.165, 1.54) is 0 Å². The average Bonchev–Trinajstić information content (AvgIpc) is 2.48. The van der Waals surface area contributed by atoms with Gasteiger partial charge in [-0.05, 0) is 31.2 Å². The Hall–Kier alpha value is -2.43. The summed E-state index contributed by atoms with van der Waals surface area (Å²) in [5.41, 5.74) is 1.43. The molecular weight excluding hydrogens is 252 g/mol. The Kier molecular flexibility index (Phi) is 4.30. The van der Waals surface area contributed by atoms with Crippen molar-refractivity contribution in [2.24, 2.45) is 0 Å². The summed E-state index contributed by atoms with van der Waals surface area (Å²) in [6.45, 7) is 1.91. The van der Waals surface area contributed by atoms with Crippen molar-refractivity contribution in [2.75, 3.05) is 19.0 Å². The molecular formula is C15H18N4O. The standard InChI is InChI=1S/C15H18N4O/c1-11(13-6-4-5-8-16-13)18-15(20)12-7-9-17-14(10-12)19(2)3/h4-11H,1-3H3,(H,18,20)/t11-/m1/s1. The van der Waals surface area contributed by atoms with E-state index in [2.05, 4.69) is 15.3 Å². The van der Waals surface area contributed by atoms with Crippen LogP contribution in [0.5, 0.6) is 0 Å². The maximum absolute atomic E-state index is 12.2. The number of pyridine rings is 2. The van der Waals surface area contributed by atoms with Crippen LogP contribution in [0.1, 0.15) is 29.0 Å². The highest BCUT2D eigenvalue weighted by Gasteiger charge is 2.13. The molecule has 0 unspecified atom stereocenters. The molecule has 0 saturated heterocycles. The minimum atomic E-state index is -0.139. The van der Waals surface area contributed by atoms with Gasteiger partial charge in [-0.3, -0.25) is 9.78 Å². The molecule has 0 aliphatic rings. The first-order valence-corrected chi connectivity index (χ1v) is 6.43. The average molecular weight is 270 g/mol. The number of nitrogens with one attached hydrogen (secondary N) is 1. The molecule has 2 aromatic rings. The Morgan fingerprint density at radius 3 is 2.65 bits per heavy atom. The van der Waals surface area contributed by atoms with E-state index in [9.17, 15) is 4.79 Å². The molecule has 0 aliphatic carbocycles. The molecule has 104 valence electrons. The van der Waals surface area contributed by atoms with E-state index >= 15 is 0 Å². The fraction of sp³-hybridized carbons (Fsp3) is 0.267. The maximum atomic E-state index is 12.2. The molecule has 5 heteroatoms. The Morgan fingerprint density at radius 1 is 1.20 bits per heavy atom. The smallest absolute Gasteiger partial charge is 0.251 e. The minimum absolute atomic E-state index is 0.131. The Balaban J connectivity index is 2.10. The zero-order valence-corrected chi connectivity index (χ0v) is 11.9. The molecule has 0 aliphatic heterocycles. The van der Waals surface area contributed by atoms with Gasteiger partial charge in [0.25, 0.3) is 5.91 Å². The van der Waals surface area contributed by atoms with Crippen LogP contribution >= 0.6 is 0 Å². The quantitative estimate of drug-likeness (QED) is 0.923. The molecule has 0 aromatic carbocycles. The van der Waals surface area contributed by atoms with E-state index < -0.39 is 0 Å². The highest BCUT2D eigenvalue weighted by atomic mass is 16.1.